The van der Waals surface area contributed by atoms with Crippen LogP contribution in [0.1, 0.15) is 0 Å². The Morgan fingerprint density at radius 2 is 1.73 bits per heavy atom. The van der Waals surface area contributed by atoms with Crippen LogP contribution >= 0.6 is 11.6 Å². The van der Waals surface area contributed by atoms with Gasteiger partial charge in [-0.2, -0.15) is 15.0 Å². The topological polar surface area (TPSA) is 101 Å². The van der Waals surface area contributed by atoms with Gasteiger partial charge in [0.25, 0.3) is 0 Å². The summed E-state index contributed by atoms with van der Waals surface area (Å²) in [6.45, 7) is 2.76. The SMILES string of the molecule is NNc1nc(Nc2ccc(Cl)cc2)nc(N2CCOCC2)n1. The van der Waals surface area contributed by atoms with E-state index in [1.807, 2.05) is 17.0 Å². The first kappa shape index (κ1) is 14.8. The Labute approximate surface area is 132 Å². The van der Waals surface area contributed by atoms with Gasteiger partial charge in [0.15, 0.2) is 0 Å². The molecule has 3 rings (SSSR count). The van der Waals surface area contributed by atoms with Gasteiger partial charge < -0.3 is 15.0 Å². The lowest BCUT2D eigenvalue weighted by molar-refractivity contribution is 0.122. The fraction of sp³-hybridized carbons (Fsp3) is 0.308. The van der Waals surface area contributed by atoms with E-state index in [0.717, 1.165) is 18.8 Å². The number of nitrogens with two attached hydrogens (primary N) is 1. The number of benzene rings is 1. The van der Waals surface area contributed by atoms with Gasteiger partial charge in [-0.05, 0) is 24.3 Å². The van der Waals surface area contributed by atoms with Gasteiger partial charge >= 0.3 is 0 Å². The van der Waals surface area contributed by atoms with Crippen molar-refractivity contribution in [3.05, 3.63) is 29.3 Å². The van der Waals surface area contributed by atoms with Crippen LogP contribution in [-0.4, -0.2) is 41.3 Å². The van der Waals surface area contributed by atoms with Gasteiger partial charge in [0.05, 0.1) is 13.2 Å². The minimum absolute atomic E-state index is 0.299. The molecule has 116 valence electrons. The number of hydrogen-bond acceptors (Lipinski definition) is 8. The minimum Gasteiger partial charge on any atom is -0.378 e. The average Bonchev–Trinajstić information content (AvgIpc) is 2.57. The Kier molecular flexibility index (Phi) is 4.52. The van der Waals surface area contributed by atoms with E-state index in [0.29, 0.717) is 36.1 Å². The summed E-state index contributed by atoms with van der Waals surface area (Å²) in [7, 11) is 0. The van der Waals surface area contributed by atoms with Crippen molar-refractivity contribution in [2.24, 2.45) is 5.84 Å². The van der Waals surface area contributed by atoms with Gasteiger partial charge in [-0.3, -0.25) is 5.43 Å². The van der Waals surface area contributed by atoms with Crippen LogP contribution in [0.2, 0.25) is 5.02 Å². The molecule has 1 aromatic carbocycles. The molecule has 1 aliphatic heterocycles. The maximum atomic E-state index is 5.88. The number of hydrazine groups is 1. The number of ether oxygens (including phenoxy) is 1. The number of anilines is 4. The molecule has 4 N–H and O–H groups in total. The number of nitrogens with zero attached hydrogens (tertiary/aromatic N) is 4. The maximum absolute atomic E-state index is 5.88. The molecular weight excluding hydrogens is 306 g/mol. The smallest absolute Gasteiger partial charge is 0.243 e. The van der Waals surface area contributed by atoms with E-state index in [1.54, 1.807) is 12.1 Å². The van der Waals surface area contributed by atoms with E-state index in [4.69, 9.17) is 22.2 Å². The number of morpholine rings is 1. The van der Waals surface area contributed by atoms with Crippen LogP contribution in [0.3, 0.4) is 0 Å². The zero-order valence-electron chi connectivity index (χ0n) is 11.8. The summed E-state index contributed by atoms with van der Waals surface area (Å²) < 4.78 is 5.33. The summed E-state index contributed by atoms with van der Waals surface area (Å²) in [5, 5.41) is 3.78. The fourth-order valence-corrected chi connectivity index (χ4v) is 2.18. The highest BCUT2D eigenvalue weighted by Crippen LogP contribution is 2.19. The third kappa shape index (κ3) is 3.53. The van der Waals surface area contributed by atoms with Crippen LogP contribution in [0.25, 0.3) is 0 Å². The van der Waals surface area contributed by atoms with Gasteiger partial charge in [-0.15, -0.1) is 0 Å². The molecule has 2 aromatic rings. The zero-order valence-corrected chi connectivity index (χ0v) is 12.5. The summed E-state index contributed by atoms with van der Waals surface area (Å²) in [5.74, 6) is 6.71. The van der Waals surface area contributed by atoms with Crippen LogP contribution in [0.4, 0.5) is 23.5 Å². The van der Waals surface area contributed by atoms with Crippen molar-refractivity contribution in [3.8, 4) is 0 Å². The first-order valence-corrected chi connectivity index (χ1v) is 7.20. The molecule has 0 radical (unpaired) electrons. The van der Waals surface area contributed by atoms with E-state index in [-0.39, 0.29) is 0 Å². The van der Waals surface area contributed by atoms with Crippen LogP contribution < -0.4 is 21.5 Å². The van der Waals surface area contributed by atoms with Crippen molar-refractivity contribution in [3.63, 3.8) is 0 Å². The lowest BCUT2D eigenvalue weighted by Gasteiger charge is -2.27. The van der Waals surface area contributed by atoms with Crippen molar-refractivity contribution in [1.29, 1.82) is 0 Å². The molecule has 0 spiro atoms. The third-order valence-electron chi connectivity index (χ3n) is 3.15. The monoisotopic (exact) mass is 321 g/mol. The van der Waals surface area contributed by atoms with Crippen LogP contribution in [0, 0.1) is 0 Å². The molecule has 0 saturated carbocycles. The molecule has 1 aromatic heterocycles. The Morgan fingerprint density at radius 3 is 2.41 bits per heavy atom. The quantitative estimate of drug-likeness (QED) is 0.573. The van der Waals surface area contributed by atoms with Crippen molar-refractivity contribution < 1.29 is 4.74 Å². The van der Waals surface area contributed by atoms with E-state index in [2.05, 4.69) is 25.7 Å². The number of halogens is 1. The first-order valence-electron chi connectivity index (χ1n) is 6.82. The summed E-state index contributed by atoms with van der Waals surface area (Å²) in [4.78, 5) is 14.9. The molecule has 0 amide bonds. The lowest BCUT2D eigenvalue weighted by atomic mass is 10.3. The van der Waals surface area contributed by atoms with Crippen LogP contribution in [-0.2, 0) is 4.74 Å². The number of nitrogens with one attached hydrogen (secondary N) is 2. The fourth-order valence-electron chi connectivity index (χ4n) is 2.05. The van der Waals surface area contributed by atoms with Crippen molar-refractivity contribution >= 4 is 35.1 Å². The molecular formula is C13H16ClN7O. The summed E-state index contributed by atoms with van der Waals surface area (Å²) in [6, 6.07) is 7.26. The number of nitrogen functional groups attached to an aromatic ring is 1. The summed E-state index contributed by atoms with van der Waals surface area (Å²) in [6.07, 6.45) is 0. The van der Waals surface area contributed by atoms with Crippen LogP contribution in [0.5, 0.6) is 0 Å². The van der Waals surface area contributed by atoms with Gasteiger partial charge in [0.1, 0.15) is 0 Å². The Bertz CT molecular complexity index is 631. The Morgan fingerprint density at radius 1 is 1.05 bits per heavy atom. The Hall–Kier alpha value is -2.16. The maximum Gasteiger partial charge on any atom is 0.243 e. The second-order valence-electron chi connectivity index (χ2n) is 4.66. The minimum atomic E-state index is 0.299. The van der Waals surface area contributed by atoms with Gasteiger partial charge in [-0.1, -0.05) is 11.6 Å². The predicted octanol–water partition coefficient (Wildman–Crippen LogP) is 1.39. The number of rotatable bonds is 4. The van der Waals surface area contributed by atoms with E-state index < -0.39 is 0 Å². The number of hydrogen-bond donors (Lipinski definition) is 3. The predicted molar refractivity (Wildman–Crippen MR) is 85.4 cm³/mol. The van der Waals surface area contributed by atoms with Crippen molar-refractivity contribution in [1.82, 2.24) is 15.0 Å². The molecule has 22 heavy (non-hydrogen) atoms. The van der Waals surface area contributed by atoms with Crippen molar-refractivity contribution in [2.45, 2.75) is 0 Å². The highest BCUT2D eigenvalue weighted by atomic mass is 35.5. The van der Waals surface area contributed by atoms with E-state index in [9.17, 15) is 0 Å². The number of aromatic nitrogens is 3. The molecule has 2 heterocycles. The van der Waals surface area contributed by atoms with E-state index in [1.165, 1.54) is 0 Å². The summed E-state index contributed by atoms with van der Waals surface area (Å²) in [5.41, 5.74) is 3.29. The first-order chi connectivity index (χ1) is 10.7. The summed E-state index contributed by atoms with van der Waals surface area (Å²) >= 11 is 5.88. The van der Waals surface area contributed by atoms with Gasteiger partial charge in [0, 0.05) is 23.8 Å². The average molecular weight is 322 g/mol. The molecule has 1 saturated heterocycles. The molecule has 9 heteroatoms. The highest BCUT2D eigenvalue weighted by molar-refractivity contribution is 6.30. The molecule has 0 unspecified atom stereocenters. The molecule has 0 atom stereocenters. The van der Waals surface area contributed by atoms with Crippen molar-refractivity contribution in [2.75, 3.05) is 41.9 Å². The van der Waals surface area contributed by atoms with Gasteiger partial charge in [-0.25, -0.2) is 5.84 Å². The molecule has 1 aliphatic rings. The zero-order chi connectivity index (χ0) is 15.4. The second kappa shape index (κ2) is 6.73. The normalized spacial score (nSPS) is 14.7. The third-order valence-corrected chi connectivity index (χ3v) is 3.40. The highest BCUT2D eigenvalue weighted by Gasteiger charge is 2.16. The van der Waals surface area contributed by atoms with E-state index >= 15 is 0 Å². The second-order valence-corrected chi connectivity index (χ2v) is 5.09. The van der Waals surface area contributed by atoms with Gasteiger partial charge in [0.2, 0.25) is 17.8 Å². The van der Waals surface area contributed by atoms with Crippen LogP contribution in [0.15, 0.2) is 24.3 Å². The molecule has 0 aliphatic carbocycles. The molecule has 1 fully saturated rings. The lowest BCUT2D eigenvalue weighted by Crippen LogP contribution is -2.37. The largest absolute Gasteiger partial charge is 0.378 e. The molecule has 8 nitrogen and oxygen atoms in total. The standard InChI is InChI=1S/C13H16ClN7O/c14-9-1-3-10(4-2-9)16-11-17-12(20-15)19-13(18-11)21-5-7-22-8-6-21/h1-4H,5-8,15H2,(H2,16,17,18,19,20). The Balaban J connectivity index is 1.84. The molecule has 0 bridgehead atoms.